The molecule has 0 bridgehead atoms. The summed E-state index contributed by atoms with van der Waals surface area (Å²) in [5.41, 5.74) is 10.4. The number of anilines is 1. The number of aliphatic hydroxyl groups excluding tert-OH is 2. The van der Waals surface area contributed by atoms with Crippen LogP contribution in [0.3, 0.4) is 0 Å². The van der Waals surface area contributed by atoms with Gasteiger partial charge in [0.15, 0.2) is 17.7 Å². The van der Waals surface area contributed by atoms with Crippen LogP contribution in [0, 0.1) is 5.92 Å². The summed E-state index contributed by atoms with van der Waals surface area (Å²) in [6, 6.07) is 7.22. The van der Waals surface area contributed by atoms with Crippen molar-refractivity contribution < 1.29 is 14.9 Å². The number of rotatable bonds is 8. The SMILES string of the molecule is CC(C)N(C[C@H]1O[C@@H](n2cnc3c(N)ncnc32)C(O)C1O)C1CC(CCc2nc3ccc(C(C)(C)C)cc3[nH]2)C1. The third-order valence-corrected chi connectivity index (χ3v) is 8.92. The molecule has 11 heteroatoms. The van der Waals surface area contributed by atoms with Crippen LogP contribution in [0.15, 0.2) is 30.9 Å². The number of imidazole rings is 2. The van der Waals surface area contributed by atoms with Crippen molar-refractivity contribution in [2.24, 2.45) is 5.92 Å². The molecular formula is C30H42N8O3. The molecule has 2 unspecified atom stereocenters. The van der Waals surface area contributed by atoms with Gasteiger partial charge in [-0.2, -0.15) is 0 Å². The third-order valence-electron chi connectivity index (χ3n) is 8.92. The lowest BCUT2D eigenvalue weighted by molar-refractivity contribution is -0.0620. The Hall–Kier alpha value is -3.12. The van der Waals surface area contributed by atoms with Crippen LogP contribution in [0.2, 0.25) is 0 Å². The molecule has 5 N–H and O–H groups in total. The predicted molar refractivity (Wildman–Crippen MR) is 157 cm³/mol. The minimum Gasteiger partial charge on any atom is -0.387 e. The fourth-order valence-corrected chi connectivity index (χ4v) is 6.35. The Morgan fingerprint density at radius 3 is 2.66 bits per heavy atom. The van der Waals surface area contributed by atoms with Gasteiger partial charge in [0.2, 0.25) is 0 Å². The summed E-state index contributed by atoms with van der Waals surface area (Å²) in [5, 5.41) is 21.8. The van der Waals surface area contributed by atoms with Crippen LogP contribution >= 0.6 is 0 Å². The number of hydrogen-bond acceptors (Lipinski definition) is 9. The monoisotopic (exact) mass is 562 g/mol. The summed E-state index contributed by atoms with van der Waals surface area (Å²) >= 11 is 0. The fraction of sp³-hybridized carbons (Fsp3) is 0.600. The lowest BCUT2D eigenvalue weighted by Gasteiger charge is -2.46. The minimum absolute atomic E-state index is 0.110. The zero-order chi connectivity index (χ0) is 29.1. The number of aromatic nitrogens is 6. The van der Waals surface area contributed by atoms with Gasteiger partial charge in [0, 0.05) is 25.0 Å². The molecule has 1 aromatic carbocycles. The molecule has 41 heavy (non-hydrogen) atoms. The van der Waals surface area contributed by atoms with Crippen molar-refractivity contribution in [3.8, 4) is 0 Å². The first-order valence-electron chi connectivity index (χ1n) is 14.7. The molecule has 4 atom stereocenters. The second-order valence-electron chi connectivity index (χ2n) is 13.1. The molecule has 1 saturated carbocycles. The maximum Gasteiger partial charge on any atom is 0.167 e. The molecule has 4 aromatic rings. The molecule has 1 aliphatic carbocycles. The highest BCUT2D eigenvalue weighted by atomic mass is 16.6. The predicted octanol–water partition coefficient (Wildman–Crippen LogP) is 3.32. The van der Waals surface area contributed by atoms with Gasteiger partial charge < -0.3 is 25.7 Å². The number of hydrogen-bond donors (Lipinski definition) is 4. The highest BCUT2D eigenvalue weighted by molar-refractivity contribution is 5.81. The maximum absolute atomic E-state index is 10.9. The van der Waals surface area contributed by atoms with Crippen LogP contribution in [0.5, 0.6) is 0 Å². The first-order valence-corrected chi connectivity index (χ1v) is 14.7. The van der Waals surface area contributed by atoms with Crippen molar-refractivity contribution in [3.05, 3.63) is 42.2 Å². The van der Waals surface area contributed by atoms with Crippen molar-refractivity contribution in [3.63, 3.8) is 0 Å². The minimum atomic E-state index is -1.11. The average Bonchev–Trinajstić information content (AvgIpc) is 3.58. The van der Waals surface area contributed by atoms with Gasteiger partial charge in [-0.25, -0.2) is 19.9 Å². The van der Waals surface area contributed by atoms with Crippen molar-refractivity contribution in [2.75, 3.05) is 12.3 Å². The van der Waals surface area contributed by atoms with Crippen LogP contribution in [-0.4, -0.2) is 81.5 Å². The summed E-state index contributed by atoms with van der Waals surface area (Å²) in [5.74, 6) is 1.95. The van der Waals surface area contributed by atoms with Crippen molar-refractivity contribution >= 4 is 28.0 Å². The summed E-state index contributed by atoms with van der Waals surface area (Å²) < 4.78 is 7.86. The van der Waals surface area contributed by atoms with E-state index < -0.39 is 24.5 Å². The number of aromatic amines is 1. The van der Waals surface area contributed by atoms with E-state index in [1.54, 1.807) is 4.57 Å². The first kappa shape index (κ1) is 28.0. The Kier molecular flexibility index (Phi) is 7.25. The molecule has 1 aliphatic heterocycles. The lowest BCUT2D eigenvalue weighted by Crippen LogP contribution is -2.52. The van der Waals surface area contributed by atoms with Crippen molar-refractivity contribution in [1.29, 1.82) is 0 Å². The quantitative estimate of drug-likeness (QED) is 0.253. The van der Waals surface area contributed by atoms with Gasteiger partial charge in [0.25, 0.3) is 0 Å². The van der Waals surface area contributed by atoms with Gasteiger partial charge in [0.1, 0.15) is 36.0 Å². The smallest absolute Gasteiger partial charge is 0.167 e. The Bertz CT molecular complexity index is 1520. The number of H-pyrrole nitrogens is 1. The summed E-state index contributed by atoms with van der Waals surface area (Å²) in [7, 11) is 0. The maximum atomic E-state index is 10.9. The Labute approximate surface area is 240 Å². The molecule has 11 nitrogen and oxygen atoms in total. The van der Waals surface area contributed by atoms with Crippen LogP contribution in [0.4, 0.5) is 5.82 Å². The van der Waals surface area contributed by atoms with E-state index in [2.05, 4.69) is 77.7 Å². The standard InChI is InChI=1S/C30H42N8O3/c1-16(2)37(13-22-25(39)26(40)29(41-22)38-15-34-24-27(31)32-14-33-28(24)38)19-10-17(11-19)6-9-23-35-20-8-7-18(30(3,4)5)12-21(20)36-23/h7-8,12,14-17,19,22,25-26,29,39-40H,6,9-11,13H2,1-5H3,(H,35,36)(H2,31,32,33)/t17?,19?,22-,25?,26?,29-/m1/s1. The second-order valence-corrected chi connectivity index (χ2v) is 13.1. The molecule has 0 spiro atoms. The summed E-state index contributed by atoms with van der Waals surface area (Å²) in [6.45, 7) is 11.6. The van der Waals surface area contributed by atoms with Crippen molar-refractivity contribution in [1.82, 2.24) is 34.4 Å². The Morgan fingerprint density at radius 1 is 1.15 bits per heavy atom. The van der Waals surface area contributed by atoms with E-state index >= 15 is 0 Å². The molecular weight excluding hydrogens is 520 g/mol. The molecule has 0 amide bonds. The van der Waals surface area contributed by atoms with E-state index in [1.165, 1.54) is 18.2 Å². The van der Waals surface area contributed by atoms with E-state index in [-0.39, 0.29) is 17.3 Å². The molecule has 2 aliphatic rings. The number of nitrogens with zero attached hydrogens (tertiary/aromatic N) is 6. The highest BCUT2D eigenvalue weighted by Gasteiger charge is 2.46. The number of aryl methyl sites for hydroxylation is 1. The van der Waals surface area contributed by atoms with E-state index in [0.717, 1.165) is 42.5 Å². The second kappa shape index (κ2) is 10.6. The summed E-state index contributed by atoms with van der Waals surface area (Å²) in [4.78, 5) is 23.3. The molecule has 1 saturated heterocycles. The number of nitrogens with two attached hydrogens (primary N) is 1. The third kappa shape index (κ3) is 5.31. The normalized spacial score (nSPS) is 27.0. The van der Waals surface area contributed by atoms with E-state index in [9.17, 15) is 10.2 Å². The van der Waals surface area contributed by atoms with Gasteiger partial charge >= 0.3 is 0 Å². The van der Waals surface area contributed by atoms with Gasteiger partial charge in [0.05, 0.1) is 17.4 Å². The zero-order valence-electron chi connectivity index (χ0n) is 24.5. The van der Waals surface area contributed by atoms with E-state index in [1.807, 2.05) is 0 Å². The van der Waals surface area contributed by atoms with Crippen LogP contribution in [0.25, 0.3) is 22.2 Å². The number of aliphatic hydroxyl groups is 2. The van der Waals surface area contributed by atoms with E-state index in [4.69, 9.17) is 15.5 Å². The average molecular weight is 563 g/mol. The Balaban J connectivity index is 1.06. The van der Waals surface area contributed by atoms with Crippen LogP contribution in [0.1, 0.15) is 71.5 Å². The molecule has 3 aromatic heterocycles. The topological polar surface area (TPSA) is 151 Å². The van der Waals surface area contributed by atoms with E-state index in [0.29, 0.717) is 29.7 Å². The number of ether oxygens (including phenoxy) is 1. The molecule has 2 fully saturated rings. The van der Waals surface area contributed by atoms with Crippen LogP contribution < -0.4 is 5.73 Å². The van der Waals surface area contributed by atoms with Gasteiger partial charge in [-0.3, -0.25) is 9.47 Å². The zero-order valence-corrected chi connectivity index (χ0v) is 24.5. The number of fused-ring (bicyclic) bond motifs is 2. The molecule has 4 heterocycles. The fourth-order valence-electron chi connectivity index (χ4n) is 6.35. The van der Waals surface area contributed by atoms with Gasteiger partial charge in [-0.1, -0.05) is 26.8 Å². The van der Waals surface area contributed by atoms with Crippen LogP contribution in [-0.2, 0) is 16.6 Å². The number of nitrogen functional groups attached to an aromatic ring is 1. The Morgan fingerprint density at radius 2 is 1.93 bits per heavy atom. The number of nitrogens with one attached hydrogen (secondary N) is 1. The largest absolute Gasteiger partial charge is 0.387 e. The number of benzene rings is 1. The molecule has 0 radical (unpaired) electrons. The molecule has 220 valence electrons. The van der Waals surface area contributed by atoms with Gasteiger partial charge in [-0.15, -0.1) is 0 Å². The van der Waals surface area contributed by atoms with Crippen molar-refractivity contribution in [2.45, 2.75) is 102 Å². The highest BCUT2D eigenvalue weighted by Crippen LogP contribution is 2.38. The lowest BCUT2D eigenvalue weighted by atomic mass is 9.76. The summed E-state index contributed by atoms with van der Waals surface area (Å²) in [6.07, 6.45) is 3.63. The van der Waals surface area contributed by atoms with Gasteiger partial charge in [-0.05, 0) is 62.1 Å². The molecule has 6 rings (SSSR count). The first-order chi connectivity index (χ1) is 19.5.